The third kappa shape index (κ3) is 7.46. The highest BCUT2D eigenvalue weighted by Crippen LogP contribution is 2.43. The quantitative estimate of drug-likeness (QED) is 0.146. The minimum Gasteiger partial charge on any atom is -0.445 e. The summed E-state index contributed by atoms with van der Waals surface area (Å²) in [5.41, 5.74) is 5.84. The van der Waals surface area contributed by atoms with E-state index >= 15 is 0 Å². The summed E-state index contributed by atoms with van der Waals surface area (Å²) in [5.74, 6) is 0.753. The lowest BCUT2D eigenvalue weighted by molar-refractivity contribution is -0.268. The molecule has 4 atom stereocenters. The number of aromatic nitrogens is 3. The molecule has 0 unspecified atom stereocenters. The molecule has 4 aromatic rings. The predicted molar refractivity (Wildman–Crippen MR) is 160 cm³/mol. The molecule has 0 bridgehead atoms. The summed E-state index contributed by atoms with van der Waals surface area (Å²) in [6.45, 7) is 6.21. The molecule has 1 fully saturated rings. The zero-order chi connectivity index (χ0) is 29.3. The summed E-state index contributed by atoms with van der Waals surface area (Å²) in [6.07, 6.45) is 1.68. The fraction of sp³-hybridized carbons (Fsp3) is 0.281. The maximum atomic E-state index is 11.8. The summed E-state index contributed by atoms with van der Waals surface area (Å²) in [7, 11) is 0. The number of alkyl carbamates (subject to hydrolysis) is 1. The molecule has 1 aromatic heterocycles. The van der Waals surface area contributed by atoms with Crippen molar-refractivity contribution in [3.63, 3.8) is 0 Å². The molecule has 9 nitrogen and oxygen atoms in total. The largest absolute Gasteiger partial charge is 0.445 e. The second kappa shape index (κ2) is 14.3. The van der Waals surface area contributed by atoms with E-state index in [4.69, 9.17) is 14.2 Å². The molecule has 1 aliphatic heterocycles. The van der Waals surface area contributed by atoms with E-state index in [-0.39, 0.29) is 31.3 Å². The van der Waals surface area contributed by atoms with Crippen molar-refractivity contribution in [2.45, 2.75) is 43.7 Å². The zero-order valence-electron chi connectivity index (χ0n) is 23.3. The van der Waals surface area contributed by atoms with Crippen LogP contribution in [-0.2, 0) is 27.4 Å². The summed E-state index contributed by atoms with van der Waals surface area (Å²) in [4.78, 5) is 16.0. The van der Waals surface area contributed by atoms with E-state index in [1.165, 1.54) is 12.4 Å². The summed E-state index contributed by atoms with van der Waals surface area (Å²) in [6, 6.07) is 24.0. The van der Waals surface area contributed by atoms with E-state index in [0.717, 1.165) is 38.5 Å². The van der Waals surface area contributed by atoms with Gasteiger partial charge in [-0.15, -0.1) is 0 Å². The second-order valence-electron chi connectivity index (χ2n) is 9.99. The summed E-state index contributed by atoms with van der Waals surface area (Å²) in [5, 5.41) is 19.8. The van der Waals surface area contributed by atoms with E-state index in [0.29, 0.717) is 12.3 Å². The Morgan fingerprint density at radius 3 is 2.57 bits per heavy atom. The molecule has 1 aliphatic rings. The molecule has 3 N–H and O–H groups in total. The van der Waals surface area contributed by atoms with E-state index in [1.54, 1.807) is 11.8 Å². The molecule has 2 heterocycles. The first-order valence-corrected chi connectivity index (χ1v) is 14.7. The van der Waals surface area contributed by atoms with Crippen molar-refractivity contribution in [1.29, 1.82) is 0 Å². The van der Waals surface area contributed by atoms with Crippen LogP contribution in [0.3, 0.4) is 0 Å². The van der Waals surface area contributed by atoms with Crippen LogP contribution in [0, 0.1) is 5.92 Å². The number of H-pyrrole nitrogens is 1. The first-order chi connectivity index (χ1) is 20.5. The van der Waals surface area contributed by atoms with Crippen molar-refractivity contribution in [3.05, 3.63) is 114 Å². The van der Waals surface area contributed by atoms with Crippen molar-refractivity contribution < 1.29 is 24.1 Å². The number of rotatable bonds is 11. The molecule has 1 saturated heterocycles. The topological polar surface area (TPSA) is 119 Å². The highest BCUT2D eigenvalue weighted by Gasteiger charge is 2.38. The van der Waals surface area contributed by atoms with Gasteiger partial charge in [0.1, 0.15) is 12.9 Å². The van der Waals surface area contributed by atoms with Gasteiger partial charge in [-0.1, -0.05) is 98.1 Å². The minimum absolute atomic E-state index is 0.00240. The van der Waals surface area contributed by atoms with E-state index in [1.807, 2.05) is 72.8 Å². The number of nitrogens with one attached hydrogen (secondary N) is 2. The molecular weight excluding hydrogens is 552 g/mol. The number of benzene rings is 3. The molecule has 5 rings (SSSR count). The van der Waals surface area contributed by atoms with Crippen LogP contribution in [0.5, 0.6) is 0 Å². The van der Waals surface area contributed by atoms with Crippen molar-refractivity contribution in [2.24, 2.45) is 5.92 Å². The van der Waals surface area contributed by atoms with Gasteiger partial charge < -0.3 is 24.6 Å². The predicted octanol–water partition coefficient (Wildman–Crippen LogP) is 5.96. The Kier molecular flexibility index (Phi) is 10.0. The Hall–Kier alpha value is -3.96. The fourth-order valence-electron chi connectivity index (χ4n) is 4.79. The van der Waals surface area contributed by atoms with Crippen LogP contribution in [0.1, 0.15) is 41.6 Å². The highest BCUT2D eigenvalue weighted by molar-refractivity contribution is 7.99. The van der Waals surface area contributed by atoms with E-state index < -0.39 is 12.4 Å². The molecular formula is C32H34N4O5S. The van der Waals surface area contributed by atoms with Gasteiger partial charge in [0.15, 0.2) is 11.4 Å². The number of hydrogen-bond donors (Lipinski definition) is 3. The SMILES string of the molecule is C=CCOC(=O)NCc1cccc(-c2ccc([C@@H]3O[C@H](CSc4ncn[nH]4)[C@H](C)[C@H](c4ccc(CO)cc4)O3)cc2)c1. The van der Waals surface area contributed by atoms with Gasteiger partial charge in [-0.25, -0.2) is 9.78 Å². The van der Waals surface area contributed by atoms with Crippen LogP contribution >= 0.6 is 11.8 Å². The molecule has 1 amide bonds. The van der Waals surface area contributed by atoms with Gasteiger partial charge in [0.25, 0.3) is 0 Å². The number of hydrogen-bond acceptors (Lipinski definition) is 8. The van der Waals surface area contributed by atoms with E-state index in [2.05, 4.69) is 34.0 Å². The molecule has 0 radical (unpaired) electrons. The summed E-state index contributed by atoms with van der Waals surface area (Å²) >= 11 is 1.57. The van der Waals surface area contributed by atoms with Gasteiger partial charge in [-0.2, -0.15) is 5.10 Å². The van der Waals surface area contributed by atoms with Crippen molar-refractivity contribution in [1.82, 2.24) is 20.5 Å². The maximum absolute atomic E-state index is 11.8. The minimum atomic E-state index is -0.560. The number of ether oxygens (including phenoxy) is 3. The third-order valence-electron chi connectivity index (χ3n) is 7.11. The fourth-order valence-corrected chi connectivity index (χ4v) is 5.73. The second-order valence-corrected chi connectivity index (χ2v) is 11.0. The van der Waals surface area contributed by atoms with Crippen LogP contribution in [0.4, 0.5) is 4.79 Å². The normalized spacial score (nSPS) is 20.1. The van der Waals surface area contributed by atoms with Crippen LogP contribution in [0.15, 0.2) is 96.9 Å². The molecule has 10 heteroatoms. The standard InChI is InChI=1S/C32H34N4O5S/c1-3-15-39-32(38)33-17-23-5-4-6-27(16-23)24-11-13-26(14-12-24)30-40-28(19-42-31-34-20-35-36-31)21(2)29(41-30)25-9-7-22(18-37)8-10-25/h3-14,16,20-21,28-30,37H,1,15,17-19H2,2H3,(H,33,38)(H,34,35,36)/t21-,28+,29+,30+/m0/s1. The zero-order valence-corrected chi connectivity index (χ0v) is 24.1. The van der Waals surface area contributed by atoms with Crippen LogP contribution in [0.25, 0.3) is 11.1 Å². The third-order valence-corrected chi connectivity index (χ3v) is 8.08. The van der Waals surface area contributed by atoms with Gasteiger partial charge in [-0.3, -0.25) is 5.10 Å². The highest BCUT2D eigenvalue weighted by atomic mass is 32.2. The van der Waals surface area contributed by atoms with Crippen molar-refractivity contribution >= 4 is 17.9 Å². The van der Waals surface area contributed by atoms with Crippen LogP contribution < -0.4 is 5.32 Å². The molecule has 42 heavy (non-hydrogen) atoms. The molecule has 0 aliphatic carbocycles. The van der Waals surface area contributed by atoms with Gasteiger partial charge in [0.05, 0.1) is 18.8 Å². The Balaban J connectivity index is 1.31. The van der Waals surface area contributed by atoms with E-state index in [9.17, 15) is 9.90 Å². The summed E-state index contributed by atoms with van der Waals surface area (Å²) < 4.78 is 18.1. The van der Waals surface area contributed by atoms with Gasteiger partial charge in [0, 0.05) is 23.8 Å². The molecule has 0 saturated carbocycles. The first-order valence-electron chi connectivity index (χ1n) is 13.7. The lowest BCUT2D eigenvalue weighted by Crippen LogP contribution is -2.38. The molecule has 3 aromatic carbocycles. The maximum Gasteiger partial charge on any atom is 0.407 e. The number of aromatic amines is 1. The van der Waals surface area contributed by atoms with Crippen molar-refractivity contribution in [2.75, 3.05) is 12.4 Å². The average molecular weight is 587 g/mol. The average Bonchev–Trinajstić information content (AvgIpc) is 3.56. The van der Waals surface area contributed by atoms with Gasteiger partial charge in [-0.05, 0) is 33.9 Å². The Morgan fingerprint density at radius 1 is 1.07 bits per heavy atom. The van der Waals surface area contributed by atoms with Crippen LogP contribution in [-0.4, -0.2) is 44.8 Å². The number of aliphatic hydroxyl groups excluding tert-OH is 1. The number of aliphatic hydroxyl groups is 1. The Labute approximate surface area is 249 Å². The van der Waals surface area contributed by atoms with Crippen molar-refractivity contribution in [3.8, 4) is 11.1 Å². The lowest BCUT2D eigenvalue weighted by atomic mass is 9.91. The Morgan fingerprint density at radius 2 is 1.86 bits per heavy atom. The smallest absolute Gasteiger partial charge is 0.407 e. The van der Waals surface area contributed by atoms with Gasteiger partial charge >= 0.3 is 6.09 Å². The number of thioether (sulfide) groups is 1. The number of carbonyl (C=O) groups is 1. The lowest BCUT2D eigenvalue weighted by Gasteiger charge is -2.41. The number of carbonyl (C=O) groups excluding carboxylic acids is 1. The number of nitrogens with zero attached hydrogens (tertiary/aromatic N) is 2. The van der Waals surface area contributed by atoms with Gasteiger partial charge in [0.2, 0.25) is 0 Å². The Bertz CT molecular complexity index is 1450. The number of amides is 1. The monoisotopic (exact) mass is 586 g/mol. The van der Waals surface area contributed by atoms with Crippen LogP contribution in [0.2, 0.25) is 0 Å². The first kappa shape index (κ1) is 29.5. The molecule has 218 valence electrons. The molecule has 0 spiro atoms.